The van der Waals surface area contributed by atoms with E-state index in [2.05, 4.69) is 5.32 Å². The van der Waals surface area contributed by atoms with Gasteiger partial charge in [-0.15, -0.1) is 0 Å². The van der Waals surface area contributed by atoms with Crippen LogP contribution in [0.3, 0.4) is 0 Å². The van der Waals surface area contributed by atoms with Gasteiger partial charge in [0.2, 0.25) is 0 Å². The lowest BCUT2D eigenvalue weighted by Crippen LogP contribution is -2.27. The van der Waals surface area contributed by atoms with Crippen LogP contribution in [0.15, 0.2) is 97.1 Å². The minimum Gasteiger partial charge on any atom is -0.487 e. The van der Waals surface area contributed by atoms with Gasteiger partial charge in [-0.3, -0.25) is 9.59 Å². The van der Waals surface area contributed by atoms with Gasteiger partial charge in [0.15, 0.2) is 0 Å². The Hall–Kier alpha value is -4.38. The molecule has 0 aliphatic carbocycles. The van der Waals surface area contributed by atoms with Crippen molar-refractivity contribution in [2.24, 2.45) is 0 Å². The molecule has 35 heavy (non-hydrogen) atoms. The topological polar surface area (TPSA) is 58.6 Å². The molecule has 0 aliphatic heterocycles. The normalized spacial score (nSPS) is 10.5. The average molecular weight is 465 g/mol. The molecule has 0 spiro atoms. The van der Waals surface area contributed by atoms with Crippen molar-refractivity contribution in [2.75, 3.05) is 17.3 Å². The smallest absolute Gasteiger partial charge is 0.258 e. The van der Waals surface area contributed by atoms with E-state index in [0.29, 0.717) is 29.2 Å². The predicted molar refractivity (Wildman–Crippen MR) is 140 cm³/mol. The van der Waals surface area contributed by atoms with Gasteiger partial charge in [0.05, 0.1) is 5.69 Å². The highest BCUT2D eigenvalue weighted by molar-refractivity contribution is 6.08. The van der Waals surface area contributed by atoms with Crippen LogP contribution in [-0.2, 0) is 6.61 Å². The van der Waals surface area contributed by atoms with E-state index in [1.54, 1.807) is 36.2 Å². The van der Waals surface area contributed by atoms with E-state index in [1.165, 1.54) is 0 Å². The van der Waals surface area contributed by atoms with Crippen molar-refractivity contribution in [2.45, 2.75) is 20.5 Å². The number of nitrogens with one attached hydrogen (secondary N) is 1. The van der Waals surface area contributed by atoms with E-state index in [-0.39, 0.29) is 11.8 Å². The molecule has 2 amide bonds. The summed E-state index contributed by atoms with van der Waals surface area (Å²) in [6.45, 7) is 4.39. The van der Waals surface area contributed by atoms with Crippen molar-refractivity contribution < 1.29 is 14.3 Å². The molecule has 4 rings (SSSR count). The third-order valence-corrected chi connectivity index (χ3v) is 5.72. The largest absolute Gasteiger partial charge is 0.487 e. The molecule has 5 nitrogen and oxygen atoms in total. The first-order valence-electron chi connectivity index (χ1n) is 11.4. The summed E-state index contributed by atoms with van der Waals surface area (Å²) in [5.41, 5.74) is 5.58. The highest BCUT2D eigenvalue weighted by Crippen LogP contribution is 2.30. The lowest BCUT2D eigenvalue weighted by atomic mass is 10.1. The number of carbonyl (C=O) groups excluding carboxylic acids is 2. The fourth-order valence-electron chi connectivity index (χ4n) is 3.66. The molecular formula is C30H28N2O3. The van der Waals surface area contributed by atoms with Crippen LogP contribution in [0.25, 0.3) is 0 Å². The van der Waals surface area contributed by atoms with Crippen molar-refractivity contribution >= 4 is 23.2 Å². The summed E-state index contributed by atoms with van der Waals surface area (Å²) < 4.78 is 6.08. The van der Waals surface area contributed by atoms with Gasteiger partial charge in [0.25, 0.3) is 11.8 Å². The zero-order valence-corrected chi connectivity index (χ0v) is 20.1. The molecule has 4 aromatic carbocycles. The van der Waals surface area contributed by atoms with E-state index in [0.717, 1.165) is 22.4 Å². The molecule has 0 aromatic heterocycles. The van der Waals surface area contributed by atoms with Crippen LogP contribution in [-0.4, -0.2) is 18.9 Å². The fourth-order valence-corrected chi connectivity index (χ4v) is 3.66. The Labute approximate surface area is 206 Å². The lowest BCUT2D eigenvalue weighted by molar-refractivity contribution is 0.0988. The zero-order chi connectivity index (χ0) is 24.8. The molecule has 4 aromatic rings. The third-order valence-electron chi connectivity index (χ3n) is 5.72. The second-order valence-electron chi connectivity index (χ2n) is 8.51. The maximum atomic E-state index is 13.2. The number of rotatable bonds is 7. The van der Waals surface area contributed by atoms with E-state index >= 15 is 0 Å². The molecule has 0 bridgehead atoms. The Morgan fingerprint density at radius 1 is 0.771 bits per heavy atom. The van der Waals surface area contributed by atoms with Gasteiger partial charge in [0.1, 0.15) is 12.4 Å². The fraction of sp³-hybridized carbons (Fsp3) is 0.133. The van der Waals surface area contributed by atoms with E-state index in [4.69, 9.17) is 4.74 Å². The first-order chi connectivity index (χ1) is 16.9. The molecule has 5 heteroatoms. The van der Waals surface area contributed by atoms with Crippen LogP contribution in [0.4, 0.5) is 11.4 Å². The minimum absolute atomic E-state index is 0.191. The molecule has 0 fully saturated rings. The maximum Gasteiger partial charge on any atom is 0.258 e. The summed E-state index contributed by atoms with van der Waals surface area (Å²) in [6, 6.07) is 29.9. The Morgan fingerprint density at radius 2 is 1.40 bits per heavy atom. The first-order valence-corrected chi connectivity index (χ1v) is 11.4. The van der Waals surface area contributed by atoms with Gasteiger partial charge in [-0.1, -0.05) is 54.1 Å². The highest BCUT2D eigenvalue weighted by Gasteiger charge is 2.18. The van der Waals surface area contributed by atoms with Crippen LogP contribution in [0.2, 0.25) is 0 Å². The monoisotopic (exact) mass is 464 g/mol. The molecular weight excluding hydrogens is 436 g/mol. The Kier molecular flexibility index (Phi) is 7.27. The second kappa shape index (κ2) is 10.7. The second-order valence-corrected chi connectivity index (χ2v) is 8.51. The van der Waals surface area contributed by atoms with Crippen LogP contribution in [0, 0.1) is 13.8 Å². The molecule has 0 aliphatic rings. The molecule has 0 saturated heterocycles. The van der Waals surface area contributed by atoms with Crippen molar-refractivity contribution in [3.05, 3.63) is 125 Å². The van der Waals surface area contributed by atoms with E-state index in [9.17, 15) is 9.59 Å². The van der Waals surface area contributed by atoms with Gasteiger partial charge in [-0.2, -0.15) is 0 Å². The summed E-state index contributed by atoms with van der Waals surface area (Å²) in [5.74, 6) is 0.221. The van der Waals surface area contributed by atoms with Crippen LogP contribution >= 0.6 is 0 Å². The molecule has 0 unspecified atom stereocenters. The number of anilines is 2. The van der Waals surface area contributed by atoms with E-state index < -0.39 is 0 Å². The molecule has 0 heterocycles. The molecule has 1 N–H and O–H groups in total. The molecule has 0 radical (unpaired) electrons. The lowest BCUT2D eigenvalue weighted by Gasteiger charge is -2.21. The summed E-state index contributed by atoms with van der Waals surface area (Å²) in [5, 5.41) is 2.87. The molecule has 176 valence electrons. The van der Waals surface area contributed by atoms with Gasteiger partial charge in [0, 0.05) is 23.9 Å². The van der Waals surface area contributed by atoms with Gasteiger partial charge >= 0.3 is 0 Å². The Balaban J connectivity index is 1.47. The number of hydrogen-bond acceptors (Lipinski definition) is 3. The standard InChI is InChI=1S/C30H28N2O3/c1-21-9-16-26(17-10-21)31-29(33)24-12-14-25(15-13-24)30(34)32(3)27-18-11-22(2)19-28(27)35-20-23-7-5-4-6-8-23/h4-19H,20H2,1-3H3,(H,31,33). The highest BCUT2D eigenvalue weighted by atomic mass is 16.5. The van der Waals surface area contributed by atoms with Gasteiger partial charge in [-0.25, -0.2) is 0 Å². The molecule has 0 saturated carbocycles. The summed E-state index contributed by atoms with van der Waals surface area (Å²) in [7, 11) is 1.72. The quantitative estimate of drug-likeness (QED) is 0.344. The van der Waals surface area contributed by atoms with E-state index in [1.807, 2.05) is 86.6 Å². The number of amides is 2. The van der Waals surface area contributed by atoms with Crippen molar-refractivity contribution in [1.82, 2.24) is 0 Å². The number of aryl methyl sites for hydroxylation is 2. The third kappa shape index (κ3) is 5.95. The van der Waals surface area contributed by atoms with Gasteiger partial charge < -0.3 is 15.0 Å². The number of ether oxygens (including phenoxy) is 1. The van der Waals surface area contributed by atoms with Crippen molar-refractivity contribution in [1.29, 1.82) is 0 Å². The number of hydrogen-bond donors (Lipinski definition) is 1. The summed E-state index contributed by atoms with van der Waals surface area (Å²) in [4.78, 5) is 27.4. The number of nitrogens with zero attached hydrogens (tertiary/aromatic N) is 1. The number of benzene rings is 4. The SMILES string of the molecule is Cc1ccc(NC(=O)c2ccc(C(=O)N(C)c3ccc(C)cc3OCc3ccccc3)cc2)cc1. The van der Waals surface area contributed by atoms with Crippen LogP contribution < -0.4 is 15.0 Å². The van der Waals surface area contributed by atoms with Crippen LogP contribution in [0.5, 0.6) is 5.75 Å². The summed E-state index contributed by atoms with van der Waals surface area (Å²) >= 11 is 0. The molecule has 0 atom stereocenters. The van der Waals surface area contributed by atoms with Gasteiger partial charge in [-0.05, 0) is 73.5 Å². The number of carbonyl (C=O) groups is 2. The maximum absolute atomic E-state index is 13.2. The first kappa shape index (κ1) is 23.8. The Morgan fingerprint density at radius 3 is 2.09 bits per heavy atom. The summed E-state index contributed by atoms with van der Waals surface area (Å²) in [6.07, 6.45) is 0. The predicted octanol–water partition coefficient (Wildman–Crippen LogP) is 6.41. The van der Waals surface area contributed by atoms with Crippen molar-refractivity contribution in [3.63, 3.8) is 0 Å². The van der Waals surface area contributed by atoms with Crippen LogP contribution in [0.1, 0.15) is 37.4 Å². The minimum atomic E-state index is -0.226. The zero-order valence-electron chi connectivity index (χ0n) is 20.1. The Bertz CT molecular complexity index is 1310. The van der Waals surface area contributed by atoms with Crippen molar-refractivity contribution in [3.8, 4) is 5.75 Å². The average Bonchev–Trinajstić information content (AvgIpc) is 2.88.